The third kappa shape index (κ3) is 3.74. The Balaban J connectivity index is 2.92. The lowest BCUT2D eigenvalue weighted by molar-refractivity contribution is 0.802. The van der Waals surface area contributed by atoms with Crippen LogP contribution >= 0.6 is 11.8 Å². The van der Waals surface area contributed by atoms with Crippen LogP contribution in [0.2, 0.25) is 0 Å². The van der Waals surface area contributed by atoms with Gasteiger partial charge in [0.15, 0.2) is 0 Å². The topological polar surface area (TPSA) is 16.1 Å². The van der Waals surface area contributed by atoms with Crippen molar-refractivity contribution in [3.63, 3.8) is 0 Å². The normalized spacial score (nSPS) is 11.6. The molecule has 0 aliphatic rings. The van der Waals surface area contributed by atoms with Gasteiger partial charge < -0.3 is 4.90 Å². The molecule has 0 saturated carbocycles. The van der Waals surface area contributed by atoms with E-state index in [0.717, 1.165) is 5.82 Å². The molecule has 84 valence electrons. The summed E-state index contributed by atoms with van der Waals surface area (Å²) in [5, 5.41) is 0. The molecule has 1 heterocycles. The molecule has 0 amide bonds. The molecule has 0 fully saturated rings. The summed E-state index contributed by atoms with van der Waals surface area (Å²) in [4.78, 5) is 7.75. The predicted molar refractivity (Wildman–Crippen MR) is 68.9 cm³/mol. The number of rotatable bonds is 2. The minimum absolute atomic E-state index is 0.244. The van der Waals surface area contributed by atoms with Gasteiger partial charge in [-0.25, -0.2) is 4.98 Å². The van der Waals surface area contributed by atoms with Gasteiger partial charge in [0.1, 0.15) is 5.82 Å². The summed E-state index contributed by atoms with van der Waals surface area (Å²) in [5.41, 5.74) is 1.23. The van der Waals surface area contributed by atoms with Crippen molar-refractivity contribution < 1.29 is 0 Å². The standard InChI is InChI=1S/C12H20N2S/c1-9-7-10(15-12(2,3)4)8-13-11(9)14(5)6/h7-8H,1-6H3. The molecule has 0 radical (unpaired) electrons. The summed E-state index contributed by atoms with van der Waals surface area (Å²) in [7, 11) is 4.04. The van der Waals surface area contributed by atoms with Gasteiger partial charge in [-0.2, -0.15) is 0 Å². The monoisotopic (exact) mass is 224 g/mol. The lowest BCUT2D eigenvalue weighted by atomic mass is 10.2. The predicted octanol–water partition coefficient (Wildman–Crippen LogP) is 3.35. The van der Waals surface area contributed by atoms with E-state index >= 15 is 0 Å². The van der Waals surface area contributed by atoms with Crippen LogP contribution in [0.25, 0.3) is 0 Å². The van der Waals surface area contributed by atoms with Crippen molar-refractivity contribution in [2.75, 3.05) is 19.0 Å². The highest BCUT2D eigenvalue weighted by Crippen LogP contribution is 2.32. The van der Waals surface area contributed by atoms with Crippen molar-refractivity contribution in [1.82, 2.24) is 4.98 Å². The van der Waals surface area contributed by atoms with E-state index in [-0.39, 0.29) is 4.75 Å². The van der Waals surface area contributed by atoms with Crippen LogP contribution in [0, 0.1) is 6.92 Å². The van der Waals surface area contributed by atoms with E-state index in [1.54, 1.807) is 0 Å². The average Bonchev–Trinajstić information content (AvgIpc) is 1.99. The van der Waals surface area contributed by atoms with Gasteiger partial charge in [0.2, 0.25) is 0 Å². The van der Waals surface area contributed by atoms with Gasteiger partial charge in [0.05, 0.1) is 0 Å². The molecule has 0 aliphatic heterocycles. The summed E-state index contributed by atoms with van der Waals surface area (Å²) in [6.45, 7) is 8.75. The van der Waals surface area contributed by atoms with E-state index in [4.69, 9.17) is 0 Å². The SMILES string of the molecule is Cc1cc(SC(C)(C)C)cnc1N(C)C. The van der Waals surface area contributed by atoms with Gasteiger partial charge in [-0.15, -0.1) is 11.8 Å². The maximum absolute atomic E-state index is 4.47. The van der Waals surface area contributed by atoms with E-state index in [1.807, 2.05) is 37.0 Å². The Morgan fingerprint density at radius 3 is 2.27 bits per heavy atom. The van der Waals surface area contributed by atoms with Crippen LogP contribution in [-0.2, 0) is 0 Å². The molecular formula is C12H20N2S. The fraction of sp³-hybridized carbons (Fsp3) is 0.583. The van der Waals surface area contributed by atoms with Crippen LogP contribution in [0.5, 0.6) is 0 Å². The lowest BCUT2D eigenvalue weighted by Crippen LogP contribution is -2.12. The molecule has 0 aliphatic carbocycles. The Kier molecular flexibility index (Phi) is 3.66. The van der Waals surface area contributed by atoms with Crippen molar-refractivity contribution >= 4 is 17.6 Å². The van der Waals surface area contributed by atoms with Crippen LogP contribution in [-0.4, -0.2) is 23.8 Å². The third-order valence-corrected chi connectivity index (χ3v) is 2.94. The van der Waals surface area contributed by atoms with Crippen molar-refractivity contribution in [3.05, 3.63) is 17.8 Å². The molecule has 0 saturated heterocycles. The van der Waals surface area contributed by atoms with Gasteiger partial charge in [-0.3, -0.25) is 0 Å². The van der Waals surface area contributed by atoms with Crippen LogP contribution in [0.3, 0.4) is 0 Å². The highest BCUT2D eigenvalue weighted by molar-refractivity contribution is 8.00. The van der Waals surface area contributed by atoms with E-state index in [2.05, 4.69) is 38.7 Å². The van der Waals surface area contributed by atoms with E-state index in [0.29, 0.717) is 0 Å². The highest BCUT2D eigenvalue weighted by Gasteiger charge is 2.13. The molecule has 0 bridgehead atoms. The molecular weight excluding hydrogens is 204 g/mol. The highest BCUT2D eigenvalue weighted by atomic mass is 32.2. The summed E-state index contributed by atoms with van der Waals surface area (Å²) in [6.07, 6.45) is 1.96. The second-order valence-corrected chi connectivity index (χ2v) is 6.82. The molecule has 2 nitrogen and oxygen atoms in total. The Morgan fingerprint density at radius 1 is 1.27 bits per heavy atom. The van der Waals surface area contributed by atoms with Crippen molar-refractivity contribution in [2.24, 2.45) is 0 Å². The fourth-order valence-electron chi connectivity index (χ4n) is 1.42. The summed E-state index contributed by atoms with van der Waals surface area (Å²) < 4.78 is 0.244. The second-order valence-electron chi connectivity index (χ2n) is 4.92. The first-order chi connectivity index (χ1) is 6.79. The Bertz CT molecular complexity index is 340. The number of aromatic nitrogens is 1. The largest absolute Gasteiger partial charge is 0.363 e. The minimum Gasteiger partial charge on any atom is -0.363 e. The van der Waals surface area contributed by atoms with Gasteiger partial charge >= 0.3 is 0 Å². The molecule has 0 N–H and O–H groups in total. The van der Waals surface area contributed by atoms with Crippen LogP contribution in [0.15, 0.2) is 17.2 Å². The summed E-state index contributed by atoms with van der Waals surface area (Å²) in [6, 6.07) is 2.21. The van der Waals surface area contributed by atoms with Gasteiger partial charge in [-0.05, 0) is 18.6 Å². The molecule has 0 unspecified atom stereocenters. The molecule has 1 rings (SSSR count). The van der Waals surface area contributed by atoms with Gasteiger partial charge in [0.25, 0.3) is 0 Å². The first kappa shape index (κ1) is 12.4. The number of aryl methyl sites for hydroxylation is 1. The molecule has 0 aromatic carbocycles. The van der Waals surface area contributed by atoms with Crippen LogP contribution < -0.4 is 4.90 Å². The van der Waals surface area contributed by atoms with Crippen LogP contribution in [0.1, 0.15) is 26.3 Å². The van der Waals surface area contributed by atoms with E-state index in [9.17, 15) is 0 Å². The maximum atomic E-state index is 4.47. The Labute approximate surface area is 97.1 Å². The smallest absolute Gasteiger partial charge is 0.130 e. The fourth-order valence-corrected chi connectivity index (χ4v) is 2.47. The molecule has 1 aromatic rings. The number of anilines is 1. The Hall–Kier alpha value is -0.700. The number of pyridine rings is 1. The number of nitrogens with zero attached hydrogens (tertiary/aromatic N) is 2. The molecule has 0 spiro atoms. The second kappa shape index (κ2) is 4.44. The average molecular weight is 224 g/mol. The van der Waals surface area contributed by atoms with Gasteiger partial charge in [-0.1, -0.05) is 20.8 Å². The zero-order chi connectivity index (χ0) is 11.6. The van der Waals surface area contributed by atoms with Crippen molar-refractivity contribution in [3.8, 4) is 0 Å². The van der Waals surface area contributed by atoms with E-state index in [1.165, 1.54) is 10.5 Å². The number of thioether (sulfide) groups is 1. The maximum Gasteiger partial charge on any atom is 0.130 e. The zero-order valence-corrected chi connectivity index (χ0v) is 11.3. The minimum atomic E-state index is 0.244. The molecule has 0 atom stereocenters. The summed E-state index contributed by atoms with van der Waals surface area (Å²) >= 11 is 1.85. The van der Waals surface area contributed by atoms with Crippen molar-refractivity contribution in [2.45, 2.75) is 37.3 Å². The number of hydrogen-bond acceptors (Lipinski definition) is 3. The first-order valence-corrected chi connectivity index (χ1v) is 5.94. The molecule has 15 heavy (non-hydrogen) atoms. The zero-order valence-electron chi connectivity index (χ0n) is 10.5. The van der Waals surface area contributed by atoms with Crippen LogP contribution in [0.4, 0.5) is 5.82 Å². The molecule has 3 heteroatoms. The quantitative estimate of drug-likeness (QED) is 0.717. The first-order valence-electron chi connectivity index (χ1n) is 5.12. The van der Waals surface area contributed by atoms with Crippen molar-refractivity contribution in [1.29, 1.82) is 0 Å². The van der Waals surface area contributed by atoms with Gasteiger partial charge in [0, 0.05) is 29.9 Å². The molecule has 1 aromatic heterocycles. The lowest BCUT2D eigenvalue weighted by Gasteiger charge is -2.19. The Morgan fingerprint density at radius 2 is 1.87 bits per heavy atom. The third-order valence-electron chi connectivity index (χ3n) is 1.87. The van der Waals surface area contributed by atoms with E-state index < -0.39 is 0 Å². The number of hydrogen-bond donors (Lipinski definition) is 0. The summed E-state index contributed by atoms with van der Waals surface area (Å²) in [5.74, 6) is 1.05.